The molecule has 178 valence electrons. The summed E-state index contributed by atoms with van der Waals surface area (Å²) in [6.45, 7) is -0.539. The number of fused-ring (bicyclic) bond motifs is 1. The van der Waals surface area contributed by atoms with Crippen LogP contribution in [0.25, 0.3) is 11.0 Å². The molecule has 1 heterocycles. The highest BCUT2D eigenvalue weighted by Gasteiger charge is 2.34. The molecular formula is C24H16F4N4O3. The van der Waals surface area contributed by atoms with E-state index in [9.17, 15) is 31.9 Å². The zero-order chi connectivity index (χ0) is 25.2. The number of nitrogens with zero attached hydrogens (tertiary/aromatic N) is 2. The third-order valence-electron chi connectivity index (χ3n) is 5.02. The van der Waals surface area contributed by atoms with Crippen LogP contribution in [-0.2, 0) is 17.5 Å². The van der Waals surface area contributed by atoms with Crippen LogP contribution in [0.2, 0.25) is 0 Å². The molecule has 0 spiro atoms. The lowest BCUT2D eigenvalue weighted by molar-refractivity contribution is -0.136. The maximum absolute atomic E-state index is 13.7. The third kappa shape index (κ3) is 5.35. The second kappa shape index (κ2) is 9.37. The van der Waals surface area contributed by atoms with Gasteiger partial charge in [-0.3, -0.25) is 19.0 Å². The first-order valence-corrected chi connectivity index (χ1v) is 10.1. The number of anilines is 2. The first-order chi connectivity index (χ1) is 16.6. The maximum atomic E-state index is 13.7. The van der Waals surface area contributed by atoms with E-state index >= 15 is 0 Å². The van der Waals surface area contributed by atoms with E-state index in [4.69, 9.17) is 0 Å². The van der Waals surface area contributed by atoms with Gasteiger partial charge in [-0.2, -0.15) is 13.2 Å². The van der Waals surface area contributed by atoms with Crippen molar-refractivity contribution in [2.24, 2.45) is 0 Å². The molecule has 35 heavy (non-hydrogen) atoms. The Morgan fingerprint density at radius 2 is 1.66 bits per heavy atom. The topological polar surface area (TPSA) is 93.1 Å². The summed E-state index contributed by atoms with van der Waals surface area (Å²) in [5.74, 6) is -2.17. The number of benzene rings is 3. The first-order valence-electron chi connectivity index (χ1n) is 10.1. The average molecular weight is 484 g/mol. The first kappa shape index (κ1) is 23.6. The molecule has 0 aliphatic rings. The molecular weight excluding hydrogens is 468 g/mol. The number of halogens is 4. The lowest BCUT2D eigenvalue weighted by atomic mass is 10.1. The van der Waals surface area contributed by atoms with Gasteiger partial charge < -0.3 is 10.6 Å². The fourth-order valence-corrected chi connectivity index (χ4v) is 3.38. The van der Waals surface area contributed by atoms with Crippen molar-refractivity contribution >= 4 is 34.2 Å². The molecule has 0 saturated heterocycles. The van der Waals surface area contributed by atoms with Gasteiger partial charge in [-0.1, -0.05) is 12.1 Å². The van der Waals surface area contributed by atoms with Crippen LogP contribution < -0.4 is 16.2 Å². The van der Waals surface area contributed by atoms with Crippen molar-refractivity contribution in [1.82, 2.24) is 9.55 Å². The van der Waals surface area contributed by atoms with E-state index in [2.05, 4.69) is 15.6 Å². The number of para-hydroxylation sites is 2. The van der Waals surface area contributed by atoms with Gasteiger partial charge in [-0.05, 0) is 54.6 Å². The van der Waals surface area contributed by atoms with E-state index < -0.39 is 47.2 Å². The predicted molar refractivity (Wildman–Crippen MR) is 120 cm³/mol. The van der Waals surface area contributed by atoms with Gasteiger partial charge in [0.15, 0.2) is 0 Å². The van der Waals surface area contributed by atoms with Crippen molar-refractivity contribution in [2.75, 3.05) is 10.6 Å². The van der Waals surface area contributed by atoms with Gasteiger partial charge in [0.05, 0.1) is 28.5 Å². The minimum Gasteiger partial charge on any atom is -0.324 e. The Labute approximate surface area is 195 Å². The Bertz CT molecular complexity index is 1480. The predicted octanol–water partition coefficient (Wildman–Crippen LogP) is 4.45. The maximum Gasteiger partial charge on any atom is 0.418 e. The van der Waals surface area contributed by atoms with Crippen molar-refractivity contribution in [3.05, 3.63) is 100 Å². The van der Waals surface area contributed by atoms with Gasteiger partial charge >= 0.3 is 6.18 Å². The molecule has 0 saturated carbocycles. The van der Waals surface area contributed by atoms with E-state index in [1.165, 1.54) is 18.2 Å². The molecule has 0 unspecified atom stereocenters. The summed E-state index contributed by atoms with van der Waals surface area (Å²) < 4.78 is 55.3. The number of carbonyl (C=O) groups is 2. The zero-order valence-electron chi connectivity index (χ0n) is 17.8. The Kier molecular flexibility index (Phi) is 6.32. The van der Waals surface area contributed by atoms with Gasteiger partial charge in [-0.15, -0.1) is 0 Å². The van der Waals surface area contributed by atoms with E-state index in [1.54, 1.807) is 24.3 Å². The zero-order valence-corrected chi connectivity index (χ0v) is 17.8. The summed E-state index contributed by atoms with van der Waals surface area (Å²) in [5.41, 5.74) is -1.67. The normalized spacial score (nSPS) is 11.3. The summed E-state index contributed by atoms with van der Waals surface area (Å²) in [4.78, 5) is 41.0. The lowest BCUT2D eigenvalue weighted by Gasteiger charge is -2.16. The van der Waals surface area contributed by atoms with Gasteiger partial charge in [0, 0.05) is 11.3 Å². The Balaban J connectivity index is 1.57. The van der Waals surface area contributed by atoms with E-state index in [1.807, 2.05) is 0 Å². The molecule has 3 aromatic carbocycles. The van der Waals surface area contributed by atoms with Crippen LogP contribution in [0.1, 0.15) is 15.9 Å². The number of amides is 2. The van der Waals surface area contributed by atoms with Crippen molar-refractivity contribution in [3.63, 3.8) is 0 Å². The minimum atomic E-state index is -4.86. The molecule has 2 N–H and O–H groups in total. The van der Waals surface area contributed by atoms with Crippen molar-refractivity contribution < 1.29 is 27.2 Å². The molecule has 4 rings (SSSR count). The highest BCUT2D eigenvalue weighted by molar-refractivity contribution is 6.04. The molecule has 0 atom stereocenters. The molecule has 2 amide bonds. The summed E-state index contributed by atoms with van der Waals surface area (Å²) in [5, 5.41) is 4.49. The monoisotopic (exact) mass is 484 g/mol. The number of hydrogen-bond acceptors (Lipinski definition) is 4. The summed E-state index contributed by atoms with van der Waals surface area (Å²) in [6, 6.07) is 13.8. The van der Waals surface area contributed by atoms with Crippen LogP contribution in [0.4, 0.5) is 28.9 Å². The lowest BCUT2D eigenvalue weighted by Crippen LogP contribution is -2.28. The van der Waals surface area contributed by atoms with Crippen molar-refractivity contribution in [2.45, 2.75) is 12.7 Å². The molecule has 0 radical (unpaired) electrons. The van der Waals surface area contributed by atoms with Crippen LogP contribution in [0.5, 0.6) is 0 Å². The molecule has 0 fully saturated rings. The summed E-state index contributed by atoms with van der Waals surface area (Å²) in [6.07, 6.45) is -3.84. The number of hydrogen-bond donors (Lipinski definition) is 2. The van der Waals surface area contributed by atoms with E-state index in [0.29, 0.717) is 17.1 Å². The van der Waals surface area contributed by atoms with E-state index in [-0.39, 0.29) is 11.3 Å². The fourth-order valence-electron chi connectivity index (χ4n) is 3.38. The largest absolute Gasteiger partial charge is 0.418 e. The summed E-state index contributed by atoms with van der Waals surface area (Å²) >= 11 is 0. The smallest absolute Gasteiger partial charge is 0.324 e. The Hall–Kier alpha value is -4.54. The highest BCUT2D eigenvalue weighted by atomic mass is 19.4. The second-order valence-corrected chi connectivity index (χ2v) is 7.44. The van der Waals surface area contributed by atoms with Crippen molar-refractivity contribution in [3.8, 4) is 0 Å². The molecule has 0 bridgehead atoms. The molecule has 1 aromatic heterocycles. The number of alkyl halides is 3. The number of aromatic nitrogens is 2. The summed E-state index contributed by atoms with van der Waals surface area (Å²) in [7, 11) is 0. The number of nitrogens with one attached hydrogen (secondary N) is 2. The molecule has 11 heteroatoms. The van der Waals surface area contributed by atoms with E-state index in [0.717, 1.165) is 29.0 Å². The number of carbonyl (C=O) groups excluding carboxylic acids is 2. The van der Waals surface area contributed by atoms with Crippen LogP contribution in [0.3, 0.4) is 0 Å². The molecule has 0 aliphatic heterocycles. The van der Waals surface area contributed by atoms with Crippen LogP contribution in [0.15, 0.2) is 77.7 Å². The van der Waals surface area contributed by atoms with Gasteiger partial charge in [-0.25, -0.2) is 9.37 Å². The quantitative estimate of drug-likeness (QED) is 0.410. The molecule has 0 aliphatic carbocycles. The number of rotatable bonds is 5. The van der Waals surface area contributed by atoms with Crippen LogP contribution in [0, 0.1) is 5.82 Å². The highest BCUT2D eigenvalue weighted by Crippen LogP contribution is 2.36. The Morgan fingerprint density at radius 3 is 2.37 bits per heavy atom. The standard InChI is InChI=1S/C24H16F4N4O3/c25-15-7-5-14(6-8-15)23(35)30-16-9-10-18(17(11-16)24(26,27)28)31-21(33)13-32-20-4-2-1-3-19(20)29-12-22(32)34/h1-12H,13H2,(H,30,35)(H,31,33). The third-order valence-corrected chi connectivity index (χ3v) is 5.02. The van der Waals surface area contributed by atoms with Crippen LogP contribution >= 0.6 is 0 Å². The SMILES string of the molecule is O=C(Cn1c(=O)cnc2ccccc21)Nc1ccc(NC(=O)c2ccc(F)cc2)cc1C(F)(F)F. The second-order valence-electron chi connectivity index (χ2n) is 7.44. The fraction of sp³-hybridized carbons (Fsp3) is 0.0833. The average Bonchev–Trinajstić information content (AvgIpc) is 2.81. The minimum absolute atomic E-state index is 0.0485. The van der Waals surface area contributed by atoms with Crippen LogP contribution in [-0.4, -0.2) is 21.4 Å². The van der Waals surface area contributed by atoms with Gasteiger partial charge in [0.2, 0.25) is 5.91 Å². The molecule has 7 nitrogen and oxygen atoms in total. The van der Waals surface area contributed by atoms with Gasteiger partial charge in [0.25, 0.3) is 11.5 Å². The Morgan fingerprint density at radius 1 is 0.943 bits per heavy atom. The van der Waals surface area contributed by atoms with Gasteiger partial charge in [0.1, 0.15) is 12.4 Å². The molecule has 4 aromatic rings. The van der Waals surface area contributed by atoms with Crippen molar-refractivity contribution in [1.29, 1.82) is 0 Å².